The second-order valence-corrected chi connectivity index (χ2v) is 4.21. The minimum absolute atomic E-state index is 0.104. The highest BCUT2D eigenvalue weighted by Crippen LogP contribution is 2.15. The maximum absolute atomic E-state index is 11.6. The van der Waals surface area contributed by atoms with E-state index in [0.717, 1.165) is 5.56 Å². The summed E-state index contributed by atoms with van der Waals surface area (Å²) in [4.78, 5) is 22.4. The van der Waals surface area contributed by atoms with E-state index in [2.05, 4.69) is 10.1 Å². The Labute approximate surface area is 111 Å². The first-order valence-electron chi connectivity index (χ1n) is 5.70. The topological polar surface area (TPSA) is 55.4 Å². The van der Waals surface area contributed by atoms with E-state index in [-0.39, 0.29) is 18.3 Å². The van der Waals surface area contributed by atoms with Crippen LogP contribution in [0.4, 0.5) is 0 Å². The van der Waals surface area contributed by atoms with Crippen LogP contribution in [-0.4, -0.2) is 25.5 Å². The van der Waals surface area contributed by atoms with Gasteiger partial charge in [-0.1, -0.05) is 29.8 Å². The summed E-state index contributed by atoms with van der Waals surface area (Å²) in [5.74, 6) is -0.372. The second-order valence-electron chi connectivity index (χ2n) is 3.80. The first-order chi connectivity index (χ1) is 8.63. The van der Waals surface area contributed by atoms with E-state index in [1.54, 1.807) is 6.07 Å². The highest BCUT2D eigenvalue weighted by molar-refractivity contribution is 6.31. The van der Waals surface area contributed by atoms with Crippen LogP contribution in [0.2, 0.25) is 5.02 Å². The zero-order chi connectivity index (χ0) is 13.4. The van der Waals surface area contributed by atoms with E-state index >= 15 is 0 Å². The molecule has 0 aliphatic rings. The van der Waals surface area contributed by atoms with Gasteiger partial charge in [-0.25, -0.2) is 0 Å². The lowest BCUT2D eigenvalue weighted by Crippen LogP contribution is -2.26. The first-order valence-corrected chi connectivity index (χ1v) is 6.08. The minimum Gasteiger partial charge on any atom is -0.469 e. The van der Waals surface area contributed by atoms with E-state index in [9.17, 15) is 9.59 Å². The molecule has 0 saturated heterocycles. The molecule has 1 rings (SSSR count). The number of hydrogen-bond acceptors (Lipinski definition) is 3. The van der Waals surface area contributed by atoms with E-state index in [1.807, 2.05) is 18.2 Å². The molecule has 0 fully saturated rings. The molecule has 0 aliphatic heterocycles. The molecule has 1 aromatic rings. The van der Waals surface area contributed by atoms with Gasteiger partial charge in [0.05, 0.1) is 13.5 Å². The van der Waals surface area contributed by atoms with Gasteiger partial charge in [0.25, 0.3) is 0 Å². The van der Waals surface area contributed by atoms with Crippen molar-refractivity contribution in [3.05, 3.63) is 34.9 Å². The van der Waals surface area contributed by atoms with Crippen molar-refractivity contribution < 1.29 is 14.3 Å². The molecule has 0 atom stereocenters. The number of carbonyl (C=O) groups excluding carboxylic acids is 2. The SMILES string of the molecule is COC(=O)CCCNC(=O)Cc1ccccc1Cl. The van der Waals surface area contributed by atoms with Gasteiger partial charge < -0.3 is 10.1 Å². The molecular weight excluding hydrogens is 254 g/mol. The van der Waals surface area contributed by atoms with E-state index in [0.29, 0.717) is 24.4 Å². The van der Waals surface area contributed by atoms with Crippen molar-refractivity contribution in [2.45, 2.75) is 19.3 Å². The lowest BCUT2D eigenvalue weighted by Gasteiger charge is -2.06. The molecule has 0 aromatic heterocycles. The standard InChI is InChI=1S/C13H16ClNO3/c1-18-13(17)7-4-8-15-12(16)9-10-5-2-3-6-11(10)14/h2-3,5-6H,4,7-9H2,1H3,(H,15,16). The minimum atomic E-state index is -0.268. The molecule has 1 amide bonds. The summed E-state index contributed by atoms with van der Waals surface area (Å²) in [7, 11) is 1.35. The van der Waals surface area contributed by atoms with Crippen molar-refractivity contribution in [3.63, 3.8) is 0 Å². The van der Waals surface area contributed by atoms with E-state index < -0.39 is 0 Å². The Morgan fingerprint density at radius 3 is 2.72 bits per heavy atom. The molecular formula is C13H16ClNO3. The van der Waals surface area contributed by atoms with Gasteiger partial charge in [-0.15, -0.1) is 0 Å². The Kier molecular flexibility index (Phi) is 6.22. The average Bonchev–Trinajstić information content (AvgIpc) is 2.37. The number of ether oxygens (including phenoxy) is 1. The quantitative estimate of drug-likeness (QED) is 0.634. The third-order valence-electron chi connectivity index (χ3n) is 2.42. The number of carbonyl (C=O) groups is 2. The monoisotopic (exact) mass is 269 g/mol. The van der Waals surface area contributed by atoms with E-state index in [4.69, 9.17) is 11.6 Å². The predicted octanol–water partition coefficient (Wildman–Crippen LogP) is 1.95. The van der Waals surface area contributed by atoms with Crippen LogP contribution >= 0.6 is 11.6 Å². The molecule has 0 spiro atoms. The lowest BCUT2D eigenvalue weighted by atomic mass is 10.1. The Balaban J connectivity index is 2.26. The van der Waals surface area contributed by atoms with Gasteiger partial charge in [0.15, 0.2) is 0 Å². The lowest BCUT2D eigenvalue weighted by molar-refractivity contribution is -0.140. The summed E-state index contributed by atoms with van der Waals surface area (Å²) >= 11 is 5.95. The third kappa shape index (κ3) is 5.19. The number of amides is 1. The van der Waals surface area contributed by atoms with Crippen LogP contribution in [0.15, 0.2) is 24.3 Å². The number of hydrogen-bond donors (Lipinski definition) is 1. The molecule has 1 N–H and O–H groups in total. The fourth-order valence-corrected chi connectivity index (χ4v) is 1.64. The smallest absolute Gasteiger partial charge is 0.305 e. The fourth-order valence-electron chi connectivity index (χ4n) is 1.44. The molecule has 0 saturated carbocycles. The average molecular weight is 270 g/mol. The van der Waals surface area contributed by atoms with Crippen molar-refractivity contribution in [1.29, 1.82) is 0 Å². The van der Waals surface area contributed by atoms with Crippen LogP contribution in [0.1, 0.15) is 18.4 Å². The summed E-state index contributed by atoms with van der Waals surface area (Å²) in [6, 6.07) is 7.23. The Hall–Kier alpha value is -1.55. The Bertz CT molecular complexity index is 420. The maximum atomic E-state index is 11.6. The number of halogens is 1. The Morgan fingerprint density at radius 2 is 2.06 bits per heavy atom. The predicted molar refractivity (Wildman–Crippen MR) is 69.4 cm³/mol. The number of benzene rings is 1. The fraction of sp³-hybridized carbons (Fsp3) is 0.385. The van der Waals surface area contributed by atoms with Crippen LogP contribution in [0.3, 0.4) is 0 Å². The van der Waals surface area contributed by atoms with Crippen LogP contribution in [0, 0.1) is 0 Å². The summed E-state index contributed by atoms with van der Waals surface area (Å²) in [5, 5.41) is 3.32. The van der Waals surface area contributed by atoms with Gasteiger partial charge in [-0.05, 0) is 18.1 Å². The van der Waals surface area contributed by atoms with Gasteiger partial charge >= 0.3 is 5.97 Å². The van der Waals surface area contributed by atoms with Crippen LogP contribution in [0.25, 0.3) is 0 Å². The maximum Gasteiger partial charge on any atom is 0.305 e. The molecule has 4 nitrogen and oxygen atoms in total. The summed E-state index contributed by atoms with van der Waals surface area (Å²) in [6.45, 7) is 0.457. The molecule has 0 radical (unpaired) electrons. The van der Waals surface area contributed by atoms with Crippen LogP contribution in [0.5, 0.6) is 0 Å². The molecule has 1 aromatic carbocycles. The van der Waals surface area contributed by atoms with Crippen LogP contribution in [-0.2, 0) is 20.7 Å². The van der Waals surface area contributed by atoms with Gasteiger partial charge in [0, 0.05) is 18.0 Å². The number of nitrogens with one attached hydrogen (secondary N) is 1. The zero-order valence-corrected chi connectivity index (χ0v) is 11.0. The molecule has 0 heterocycles. The first kappa shape index (κ1) is 14.5. The van der Waals surface area contributed by atoms with Crippen molar-refractivity contribution >= 4 is 23.5 Å². The van der Waals surface area contributed by atoms with Gasteiger partial charge in [0.1, 0.15) is 0 Å². The summed E-state index contributed by atoms with van der Waals surface area (Å²) in [5.41, 5.74) is 0.796. The van der Waals surface area contributed by atoms with Gasteiger partial charge in [-0.2, -0.15) is 0 Å². The third-order valence-corrected chi connectivity index (χ3v) is 2.79. The highest BCUT2D eigenvalue weighted by atomic mass is 35.5. The van der Waals surface area contributed by atoms with E-state index in [1.165, 1.54) is 7.11 Å². The molecule has 5 heteroatoms. The van der Waals surface area contributed by atoms with Crippen LogP contribution < -0.4 is 5.32 Å². The normalized spacial score (nSPS) is 9.89. The van der Waals surface area contributed by atoms with Gasteiger partial charge in [-0.3, -0.25) is 9.59 Å². The molecule has 0 bridgehead atoms. The van der Waals surface area contributed by atoms with Gasteiger partial charge in [0.2, 0.25) is 5.91 Å². The van der Waals surface area contributed by atoms with Crippen molar-refractivity contribution in [2.75, 3.05) is 13.7 Å². The highest BCUT2D eigenvalue weighted by Gasteiger charge is 2.06. The largest absolute Gasteiger partial charge is 0.469 e. The molecule has 0 aliphatic carbocycles. The Morgan fingerprint density at radius 1 is 1.33 bits per heavy atom. The summed E-state index contributed by atoms with van der Waals surface area (Å²) in [6.07, 6.45) is 1.13. The molecule has 0 unspecified atom stereocenters. The van der Waals surface area contributed by atoms with Crippen molar-refractivity contribution in [2.24, 2.45) is 0 Å². The molecule has 18 heavy (non-hydrogen) atoms. The second kappa shape index (κ2) is 7.71. The zero-order valence-electron chi connectivity index (χ0n) is 10.2. The number of methoxy groups -OCH3 is 1. The number of rotatable bonds is 6. The van der Waals surface area contributed by atoms with Crippen molar-refractivity contribution in [1.82, 2.24) is 5.32 Å². The van der Waals surface area contributed by atoms with Crippen molar-refractivity contribution in [3.8, 4) is 0 Å². The molecule has 98 valence electrons. The summed E-state index contributed by atoms with van der Waals surface area (Å²) < 4.78 is 4.50. The number of esters is 1.